The number of carbonyl (C=O) groups is 1. The van der Waals surface area contributed by atoms with Crippen LogP contribution in [0.25, 0.3) is 0 Å². The minimum atomic E-state index is -0.405. The third kappa shape index (κ3) is 2.78. The van der Waals surface area contributed by atoms with E-state index in [1.165, 1.54) is 0 Å². The van der Waals surface area contributed by atoms with Gasteiger partial charge in [-0.05, 0) is 30.2 Å². The number of carbonyl (C=O) groups excluding carboxylic acids is 1. The van der Waals surface area contributed by atoms with E-state index in [1.54, 1.807) is 0 Å². The molecule has 1 saturated heterocycles. The van der Waals surface area contributed by atoms with Crippen molar-refractivity contribution >= 4 is 6.09 Å². The van der Waals surface area contributed by atoms with E-state index in [4.69, 9.17) is 4.74 Å². The molecule has 20 heavy (non-hydrogen) atoms. The highest BCUT2D eigenvalue weighted by Crippen LogP contribution is 2.15. The molecule has 0 unspecified atom stereocenters. The third-order valence-corrected chi connectivity index (χ3v) is 2.91. The number of hydrogen-bond donors (Lipinski definition) is 1. The second kappa shape index (κ2) is 5.45. The Balaban J connectivity index is 1.82. The molecule has 0 spiro atoms. The summed E-state index contributed by atoms with van der Waals surface area (Å²) in [6.45, 7) is 0.307. The Hall–Kier alpha value is -2.80. The number of alkyl carbamates (subject to hydrolysis) is 1. The van der Waals surface area contributed by atoms with Crippen LogP contribution in [0.2, 0.25) is 0 Å². The van der Waals surface area contributed by atoms with Crippen LogP contribution in [0.4, 0.5) is 4.79 Å². The largest absolute Gasteiger partial charge is 0.447 e. The minimum Gasteiger partial charge on any atom is -0.447 e. The standard InChI is InChI=1S/C16H12N2O2/c19-16-18-15(11-20-16)14-8-4-7-13(17-14)10-9-12-5-2-1-3-6-12/h1-8,15H,11H2,(H,18,19)/t15-/m0/s1. The number of amides is 1. The summed E-state index contributed by atoms with van der Waals surface area (Å²) in [4.78, 5) is 15.5. The van der Waals surface area contributed by atoms with E-state index in [2.05, 4.69) is 22.1 Å². The number of ether oxygens (including phenoxy) is 1. The van der Waals surface area contributed by atoms with E-state index in [9.17, 15) is 4.79 Å². The SMILES string of the molecule is O=C1N[C@H](c2cccc(C#Cc3ccccc3)n2)CO1. The van der Waals surface area contributed by atoms with Gasteiger partial charge in [0.25, 0.3) is 0 Å². The molecular formula is C16H12N2O2. The molecule has 2 aromatic rings. The summed E-state index contributed by atoms with van der Waals surface area (Å²) < 4.78 is 4.86. The Labute approximate surface area is 116 Å². The smallest absolute Gasteiger partial charge is 0.407 e. The van der Waals surface area contributed by atoms with Gasteiger partial charge in [-0.25, -0.2) is 9.78 Å². The fourth-order valence-electron chi connectivity index (χ4n) is 1.92. The van der Waals surface area contributed by atoms with E-state index in [1.807, 2.05) is 48.5 Å². The summed E-state index contributed by atoms with van der Waals surface area (Å²) in [7, 11) is 0. The molecule has 3 rings (SSSR count). The molecule has 1 aromatic heterocycles. The lowest BCUT2D eigenvalue weighted by atomic mass is 10.2. The molecule has 1 N–H and O–H groups in total. The molecule has 4 heteroatoms. The number of rotatable bonds is 1. The number of aromatic nitrogens is 1. The van der Waals surface area contributed by atoms with Gasteiger partial charge in [0, 0.05) is 5.56 Å². The average Bonchev–Trinajstić information content (AvgIpc) is 2.93. The number of cyclic esters (lactones) is 1. The fraction of sp³-hybridized carbons (Fsp3) is 0.125. The molecule has 1 amide bonds. The van der Waals surface area contributed by atoms with Gasteiger partial charge in [-0.3, -0.25) is 0 Å². The monoisotopic (exact) mass is 264 g/mol. The fourth-order valence-corrected chi connectivity index (χ4v) is 1.92. The van der Waals surface area contributed by atoms with Crippen LogP contribution in [0.1, 0.15) is 23.0 Å². The van der Waals surface area contributed by atoms with Crippen LogP contribution in [-0.2, 0) is 4.74 Å². The minimum absolute atomic E-state index is 0.194. The highest BCUT2D eigenvalue weighted by Gasteiger charge is 2.24. The van der Waals surface area contributed by atoms with Crippen LogP contribution >= 0.6 is 0 Å². The Kier molecular flexibility index (Phi) is 3.34. The number of pyridine rings is 1. The lowest BCUT2D eigenvalue weighted by Crippen LogP contribution is -2.19. The highest BCUT2D eigenvalue weighted by molar-refractivity contribution is 5.69. The van der Waals surface area contributed by atoms with Crippen molar-refractivity contribution in [2.24, 2.45) is 0 Å². The van der Waals surface area contributed by atoms with Crippen molar-refractivity contribution in [3.8, 4) is 11.8 Å². The molecule has 2 heterocycles. The molecule has 0 saturated carbocycles. The van der Waals surface area contributed by atoms with Crippen molar-refractivity contribution in [1.82, 2.24) is 10.3 Å². The lowest BCUT2D eigenvalue weighted by Gasteiger charge is -2.06. The average molecular weight is 264 g/mol. The van der Waals surface area contributed by atoms with Crippen LogP contribution in [0.15, 0.2) is 48.5 Å². The Morgan fingerprint density at radius 2 is 1.95 bits per heavy atom. The molecule has 1 atom stereocenters. The Bertz CT molecular complexity index is 686. The highest BCUT2D eigenvalue weighted by atomic mass is 16.6. The van der Waals surface area contributed by atoms with Gasteiger partial charge in [-0.2, -0.15) is 0 Å². The van der Waals surface area contributed by atoms with E-state index >= 15 is 0 Å². The molecular weight excluding hydrogens is 252 g/mol. The van der Waals surface area contributed by atoms with Crippen molar-refractivity contribution in [3.05, 3.63) is 65.5 Å². The van der Waals surface area contributed by atoms with Gasteiger partial charge < -0.3 is 10.1 Å². The van der Waals surface area contributed by atoms with Gasteiger partial charge in [-0.1, -0.05) is 30.2 Å². The van der Waals surface area contributed by atoms with Crippen molar-refractivity contribution in [2.45, 2.75) is 6.04 Å². The summed E-state index contributed by atoms with van der Waals surface area (Å²) in [6.07, 6.45) is -0.405. The van der Waals surface area contributed by atoms with Gasteiger partial charge in [0.05, 0.1) is 5.69 Å². The maximum Gasteiger partial charge on any atom is 0.407 e. The van der Waals surface area contributed by atoms with Crippen molar-refractivity contribution in [3.63, 3.8) is 0 Å². The summed E-state index contributed by atoms with van der Waals surface area (Å²) in [5.74, 6) is 6.08. The summed E-state index contributed by atoms with van der Waals surface area (Å²) in [5.41, 5.74) is 2.38. The van der Waals surface area contributed by atoms with E-state index in [0.717, 1.165) is 11.3 Å². The van der Waals surface area contributed by atoms with E-state index < -0.39 is 6.09 Å². The molecule has 1 aliphatic heterocycles. The van der Waals surface area contributed by atoms with Crippen LogP contribution in [0, 0.1) is 11.8 Å². The van der Waals surface area contributed by atoms with Crippen LogP contribution in [-0.4, -0.2) is 17.7 Å². The maximum absolute atomic E-state index is 11.0. The zero-order valence-electron chi connectivity index (χ0n) is 10.7. The molecule has 1 aliphatic rings. The predicted octanol–water partition coefficient (Wildman–Crippen LogP) is 2.26. The zero-order chi connectivity index (χ0) is 13.8. The normalized spacial score (nSPS) is 16.8. The third-order valence-electron chi connectivity index (χ3n) is 2.91. The molecule has 1 fully saturated rings. The van der Waals surface area contributed by atoms with Crippen molar-refractivity contribution in [2.75, 3.05) is 6.61 Å². The van der Waals surface area contributed by atoms with Crippen LogP contribution < -0.4 is 5.32 Å². The van der Waals surface area contributed by atoms with Gasteiger partial charge in [0.1, 0.15) is 18.3 Å². The summed E-state index contributed by atoms with van der Waals surface area (Å²) in [6, 6.07) is 15.1. The van der Waals surface area contributed by atoms with Crippen LogP contribution in [0.3, 0.4) is 0 Å². The molecule has 0 bridgehead atoms. The first-order valence-corrected chi connectivity index (χ1v) is 6.28. The van der Waals surface area contributed by atoms with E-state index in [0.29, 0.717) is 12.3 Å². The summed E-state index contributed by atoms with van der Waals surface area (Å²) >= 11 is 0. The second-order valence-corrected chi connectivity index (χ2v) is 4.36. The second-order valence-electron chi connectivity index (χ2n) is 4.36. The first kappa shape index (κ1) is 12.2. The Morgan fingerprint density at radius 1 is 1.10 bits per heavy atom. The van der Waals surface area contributed by atoms with Gasteiger partial charge >= 0.3 is 6.09 Å². The van der Waals surface area contributed by atoms with Crippen molar-refractivity contribution < 1.29 is 9.53 Å². The summed E-state index contributed by atoms with van der Waals surface area (Å²) in [5, 5.41) is 2.70. The number of hydrogen-bond acceptors (Lipinski definition) is 3. The van der Waals surface area contributed by atoms with Gasteiger partial charge in [0.2, 0.25) is 0 Å². The van der Waals surface area contributed by atoms with Gasteiger partial charge in [0.15, 0.2) is 0 Å². The number of nitrogens with zero attached hydrogens (tertiary/aromatic N) is 1. The first-order chi connectivity index (χ1) is 9.81. The molecule has 0 radical (unpaired) electrons. The van der Waals surface area contributed by atoms with Gasteiger partial charge in [-0.15, -0.1) is 0 Å². The lowest BCUT2D eigenvalue weighted by molar-refractivity contribution is 0.177. The first-order valence-electron chi connectivity index (χ1n) is 6.28. The predicted molar refractivity (Wildman–Crippen MR) is 73.9 cm³/mol. The van der Waals surface area contributed by atoms with Crippen LogP contribution in [0.5, 0.6) is 0 Å². The molecule has 1 aromatic carbocycles. The topological polar surface area (TPSA) is 51.2 Å². The molecule has 0 aliphatic carbocycles. The maximum atomic E-state index is 11.0. The van der Waals surface area contributed by atoms with Crippen molar-refractivity contribution in [1.29, 1.82) is 0 Å². The molecule has 4 nitrogen and oxygen atoms in total. The van der Waals surface area contributed by atoms with E-state index in [-0.39, 0.29) is 6.04 Å². The molecule has 98 valence electrons. The quantitative estimate of drug-likeness (QED) is 0.804. The zero-order valence-corrected chi connectivity index (χ0v) is 10.7. The number of nitrogens with one attached hydrogen (secondary N) is 1. The Morgan fingerprint density at radius 3 is 2.70 bits per heavy atom. The number of benzene rings is 1.